The molecule has 0 aliphatic carbocycles. The summed E-state index contributed by atoms with van der Waals surface area (Å²) in [6.07, 6.45) is 0. The average Bonchev–Trinajstić information content (AvgIpc) is 2.48. The van der Waals surface area contributed by atoms with E-state index in [2.05, 4.69) is 22.5 Å². The minimum absolute atomic E-state index is 0.0479. The van der Waals surface area contributed by atoms with Crippen molar-refractivity contribution < 1.29 is 10.2 Å². The van der Waals surface area contributed by atoms with Crippen LogP contribution in [0.4, 0.5) is 0 Å². The highest BCUT2D eigenvalue weighted by atomic mass is 32.2. The molecule has 13 heavy (non-hydrogen) atoms. The second kappa shape index (κ2) is 4.43. The van der Waals surface area contributed by atoms with Crippen molar-refractivity contribution in [1.82, 2.24) is 10.2 Å². The van der Waals surface area contributed by atoms with Gasteiger partial charge in [0.25, 0.3) is 11.1 Å². The average molecular weight is 200 g/mol. The lowest BCUT2D eigenvalue weighted by Crippen LogP contribution is -2.51. The number of hydrogen-bond donors (Lipinski definition) is 1. The second-order valence-corrected chi connectivity index (χ2v) is 3.98. The summed E-state index contributed by atoms with van der Waals surface area (Å²) in [6, 6.07) is 0.0479. The van der Waals surface area contributed by atoms with Gasteiger partial charge in [0, 0.05) is 5.75 Å². The molecule has 0 amide bonds. The summed E-state index contributed by atoms with van der Waals surface area (Å²) in [7, 11) is 0. The molecule has 1 atom stereocenters. The zero-order chi connectivity index (χ0) is 9.84. The van der Waals surface area contributed by atoms with Gasteiger partial charge in [0.1, 0.15) is 0 Å². The minimum Gasteiger partial charge on any atom is -0.410 e. The van der Waals surface area contributed by atoms with E-state index in [1.807, 2.05) is 13.8 Å². The van der Waals surface area contributed by atoms with Gasteiger partial charge in [-0.1, -0.05) is 23.9 Å². The van der Waals surface area contributed by atoms with Gasteiger partial charge in [-0.2, -0.15) is 0 Å². The molecule has 1 aromatic heterocycles. The monoisotopic (exact) mass is 200 g/mol. The number of thioether (sulfide) groups is 1. The number of nitrogens with zero attached hydrogens (tertiary/aromatic N) is 2. The lowest BCUT2D eigenvalue weighted by Gasteiger charge is -1.94. The molecule has 1 rings (SSSR count). The van der Waals surface area contributed by atoms with Crippen LogP contribution in [0.15, 0.2) is 21.8 Å². The first kappa shape index (κ1) is 10.3. The molecule has 0 aliphatic heterocycles. The molecule has 0 aromatic carbocycles. The fraction of sp³-hybridized carbons (Fsp3) is 0.500. The van der Waals surface area contributed by atoms with Gasteiger partial charge in [0.05, 0.1) is 0 Å². The summed E-state index contributed by atoms with van der Waals surface area (Å²) >= 11 is 1.50. The molecule has 0 unspecified atom stereocenters. The highest BCUT2D eigenvalue weighted by Gasteiger charge is 2.12. The van der Waals surface area contributed by atoms with Crippen molar-refractivity contribution in [3.05, 3.63) is 18.0 Å². The minimum atomic E-state index is 0.0479. The normalized spacial score (nSPS) is 12.8. The maximum atomic E-state index is 5.33. The zero-order valence-electron chi connectivity index (χ0n) is 7.91. The lowest BCUT2D eigenvalue weighted by atomic mass is 10.4. The smallest absolute Gasteiger partial charge is 0.277 e. The van der Waals surface area contributed by atoms with Crippen molar-refractivity contribution in [2.24, 2.45) is 0 Å². The van der Waals surface area contributed by atoms with Gasteiger partial charge in [-0.25, -0.2) is 0 Å². The Hall–Kier alpha value is -0.810. The first-order valence-electron chi connectivity index (χ1n) is 4.03. The number of aromatic nitrogens is 2. The highest BCUT2D eigenvalue weighted by molar-refractivity contribution is 7.99. The van der Waals surface area contributed by atoms with Gasteiger partial charge in [-0.15, -0.1) is 10.2 Å². The first-order chi connectivity index (χ1) is 6.09. The van der Waals surface area contributed by atoms with E-state index < -0.39 is 0 Å². The summed E-state index contributed by atoms with van der Waals surface area (Å²) in [5.41, 5.74) is 4.88. The predicted octanol–water partition coefficient (Wildman–Crippen LogP) is 1.04. The van der Waals surface area contributed by atoms with E-state index in [4.69, 9.17) is 4.42 Å². The standard InChI is InChI=1S/C8H13N3OS/c1-5(2)4-13-8-11-10-7(12-8)6(3)9/h6H,1,4,9H2,2-3H3/p+1/t6-/m1/s1. The van der Waals surface area contributed by atoms with Gasteiger partial charge >= 0.3 is 0 Å². The van der Waals surface area contributed by atoms with Crippen molar-refractivity contribution in [1.29, 1.82) is 0 Å². The van der Waals surface area contributed by atoms with Crippen LogP contribution in [0.1, 0.15) is 25.8 Å². The molecule has 4 nitrogen and oxygen atoms in total. The fourth-order valence-electron chi connectivity index (χ4n) is 0.663. The van der Waals surface area contributed by atoms with Crippen molar-refractivity contribution in [2.75, 3.05) is 5.75 Å². The van der Waals surface area contributed by atoms with Gasteiger partial charge < -0.3 is 10.2 Å². The van der Waals surface area contributed by atoms with Gasteiger partial charge in [-0.05, 0) is 13.8 Å². The van der Waals surface area contributed by atoms with Crippen LogP contribution >= 0.6 is 11.8 Å². The van der Waals surface area contributed by atoms with Crippen LogP contribution in [0.25, 0.3) is 0 Å². The molecule has 0 fully saturated rings. The maximum Gasteiger partial charge on any atom is 0.277 e. The Labute approximate surface area is 81.6 Å². The van der Waals surface area contributed by atoms with E-state index in [0.717, 1.165) is 11.3 Å². The Balaban J connectivity index is 2.54. The van der Waals surface area contributed by atoms with Crippen LogP contribution in [-0.4, -0.2) is 16.0 Å². The van der Waals surface area contributed by atoms with Gasteiger partial charge in [-0.3, -0.25) is 0 Å². The molecule has 5 heteroatoms. The van der Waals surface area contributed by atoms with Crippen molar-refractivity contribution >= 4 is 11.8 Å². The molecule has 3 N–H and O–H groups in total. The molecule has 72 valence electrons. The van der Waals surface area contributed by atoms with E-state index in [0.29, 0.717) is 11.1 Å². The molecule has 0 bridgehead atoms. The third-order valence-electron chi connectivity index (χ3n) is 1.29. The summed E-state index contributed by atoms with van der Waals surface area (Å²) in [5, 5.41) is 8.33. The number of quaternary nitrogens is 1. The van der Waals surface area contributed by atoms with Crippen molar-refractivity contribution in [2.45, 2.75) is 25.1 Å². The van der Waals surface area contributed by atoms with E-state index in [-0.39, 0.29) is 6.04 Å². The molecule has 0 aliphatic rings. The molecule has 0 saturated carbocycles. The van der Waals surface area contributed by atoms with Crippen LogP contribution in [0.3, 0.4) is 0 Å². The Morgan fingerprint density at radius 3 is 2.85 bits per heavy atom. The topological polar surface area (TPSA) is 66.6 Å². The number of rotatable bonds is 4. The Kier molecular flexibility index (Phi) is 3.50. The van der Waals surface area contributed by atoms with Crippen molar-refractivity contribution in [3.8, 4) is 0 Å². The summed E-state index contributed by atoms with van der Waals surface area (Å²) in [4.78, 5) is 0. The SMILES string of the molecule is C=C(C)CSc1nnc([C@@H](C)[NH3+])o1. The maximum absolute atomic E-state index is 5.33. The van der Waals surface area contributed by atoms with E-state index in [9.17, 15) is 0 Å². The first-order valence-corrected chi connectivity index (χ1v) is 5.02. The Bertz CT molecular complexity index is 295. The summed E-state index contributed by atoms with van der Waals surface area (Å²) in [6.45, 7) is 7.67. The van der Waals surface area contributed by atoms with E-state index in [1.165, 1.54) is 11.8 Å². The molecular weight excluding hydrogens is 186 g/mol. The van der Waals surface area contributed by atoms with E-state index >= 15 is 0 Å². The summed E-state index contributed by atoms with van der Waals surface area (Å²) < 4.78 is 5.33. The van der Waals surface area contributed by atoms with Crippen LogP contribution in [0, 0.1) is 0 Å². The van der Waals surface area contributed by atoms with Gasteiger partial charge in [0.15, 0.2) is 6.04 Å². The Morgan fingerprint density at radius 1 is 1.69 bits per heavy atom. The van der Waals surface area contributed by atoms with Gasteiger partial charge in [0.2, 0.25) is 0 Å². The number of hydrogen-bond acceptors (Lipinski definition) is 4. The lowest BCUT2D eigenvalue weighted by molar-refractivity contribution is -0.425. The fourth-order valence-corrected chi connectivity index (χ4v) is 1.28. The third kappa shape index (κ3) is 3.20. The van der Waals surface area contributed by atoms with Crippen molar-refractivity contribution in [3.63, 3.8) is 0 Å². The van der Waals surface area contributed by atoms with Crippen LogP contribution < -0.4 is 5.73 Å². The zero-order valence-corrected chi connectivity index (χ0v) is 8.73. The van der Waals surface area contributed by atoms with Crippen LogP contribution in [0.2, 0.25) is 0 Å². The second-order valence-electron chi connectivity index (χ2n) is 3.05. The largest absolute Gasteiger partial charge is 0.410 e. The molecule has 1 aromatic rings. The summed E-state index contributed by atoms with van der Waals surface area (Å²) in [5.74, 6) is 1.40. The van der Waals surface area contributed by atoms with Crippen LogP contribution in [-0.2, 0) is 0 Å². The molecule has 0 spiro atoms. The highest BCUT2D eigenvalue weighted by Crippen LogP contribution is 2.19. The molecule has 0 radical (unpaired) electrons. The quantitative estimate of drug-likeness (QED) is 0.582. The predicted molar refractivity (Wildman–Crippen MR) is 51.1 cm³/mol. The Morgan fingerprint density at radius 2 is 2.38 bits per heavy atom. The van der Waals surface area contributed by atoms with E-state index in [1.54, 1.807) is 0 Å². The van der Waals surface area contributed by atoms with Crippen LogP contribution in [0.5, 0.6) is 0 Å². The molecule has 1 heterocycles. The molecular formula is C8H14N3OS+. The molecule has 0 saturated heterocycles. The third-order valence-corrected chi connectivity index (χ3v) is 2.33.